The number of halogens is 1. The summed E-state index contributed by atoms with van der Waals surface area (Å²) in [6.45, 7) is -0.354. The molecule has 1 heterocycles. The number of hydrogen-bond donors (Lipinski definition) is 1. The first-order valence-electron chi connectivity index (χ1n) is 6.71. The van der Waals surface area contributed by atoms with Gasteiger partial charge >= 0.3 is 0 Å². The molecule has 0 aliphatic rings. The van der Waals surface area contributed by atoms with Crippen molar-refractivity contribution in [2.45, 2.75) is 0 Å². The average Bonchev–Trinajstić information content (AvgIpc) is 2.95. The Labute approximate surface area is 139 Å². The van der Waals surface area contributed by atoms with E-state index in [-0.39, 0.29) is 12.3 Å². The topological polar surface area (TPSA) is 112 Å². The van der Waals surface area contributed by atoms with Gasteiger partial charge in [0.25, 0.3) is 11.6 Å². The van der Waals surface area contributed by atoms with Crippen molar-refractivity contribution < 1.29 is 14.6 Å². The van der Waals surface area contributed by atoms with Crippen molar-refractivity contribution >= 4 is 39.9 Å². The van der Waals surface area contributed by atoms with Gasteiger partial charge in [0, 0.05) is 22.8 Å². The van der Waals surface area contributed by atoms with E-state index < -0.39 is 10.8 Å². The van der Waals surface area contributed by atoms with Crippen molar-refractivity contribution in [2.75, 3.05) is 11.9 Å². The van der Waals surface area contributed by atoms with Crippen molar-refractivity contribution in [3.8, 4) is 0 Å². The van der Waals surface area contributed by atoms with Crippen LogP contribution < -0.4 is 10.2 Å². The van der Waals surface area contributed by atoms with Gasteiger partial charge in [-0.25, -0.2) is 0 Å². The summed E-state index contributed by atoms with van der Waals surface area (Å²) in [6.07, 6.45) is 0. The highest BCUT2D eigenvalue weighted by atomic mass is 35.5. The zero-order valence-electron chi connectivity index (χ0n) is 12.0. The van der Waals surface area contributed by atoms with E-state index in [4.69, 9.17) is 16.4 Å². The van der Waals surface area contributed by atoms with Crippen LogP contribution in [0.4, 0.5) is 11.4 Å². The van der Waals surface area contributed by atoms with E-state index in [2.05, 4.69) is 15.6 Å². The lowest BCUT2D eigenvalue weighted by Gasteiger charge is -2.07. The maximum Gasteiger partial charge on any atom is 0.271 e. The lowest BCUT2D eigenvalue weighted by molar-refractivity contribution is -0.384. The number of carbonyl (C=O) groups excluding carboxylic acids is 1. The Bertz CT molecular complexity index is 926. The highest BCUT2D eigenvalue weighted by molar-refractivity contribution is 6.31. The third-order valence-corrected chi connectivity index (χ3v) is 3.27. The van der Waals surface area contributed by atoms with Crippen LogP contribution in [0, 0.1) is 10.1 Å². The number of carbonyl (C=O) groups is 1. The number of hydrogen-bond acceptors (Lipinski definition) is 6. The fourth-order valence-corrected chi connectivity index (χ4v) is 2.15. The van der Waals surface area contributed by atoms with Gasteiger partial charge in [0.05, 0.1) is 4.92 Å². The first kappa shape index (κ1) is 15.7. The average molecular weight is 348 g/mol. The standard InChI is InChI=1S/C14H10ClN5O4/c15-9-4-5-12-13(6-9)19(18-17-12)24-8-14(21)16-10-2-1-3-11(7-10)20(22)23/h1-7H,8H2,(H,16,21). The van der Waals surface area contributed by atoms with Crippen molar-refractivity contribution in [3.63, 3.8) is 0 Å². The van der Waals surface area contributed by atoms with Crippen molar-refractivity contribution in [1.29, 1.82) is 0 Å². The molecule has 0 fully saturated rings. The van der Waals surface area contributed by atoms with Crippen LogP contribution in [-0.4, -0.2) is 32.6 Å². The highest BCUT2D eigenvalue weighted by Crippen LogP contribution is 2.17. The van der Waals surface area contributed by atoms with Gasteiger partial charge in [0.15, 0.2) is 6.61 Å². The summed E-state index contributed by atoms with van der Waals surface area (Å²) in [5, 5.41) is 21.3. The second-order valence-electron chi connectivity index (χ2n) is 4.72. The Morgan fingerprint density at radius 1 is 1.33 bits per heavy atom. The Hall–Kier alpha value is -3.20. The lowest BCUT2D eigenvalue weighted by Crippen LogP contribution is -2.26. The number of nitro groups is 1. The maximum absolute atomic E-state index is 11.9. The first-order chi connectivity index (χ1) is 11.5. The zero-order chi connectivity index (χ0) is 17.1. The van der Waals surface area contributed by atoms with Crippen LogP contribution in [0.2, 0.25) is 5.02 Å². The molecule has 122 valence electrons. The molecule has 0 aliphatic carbocycles. The smallest absolute Gasteiger partial charge is 0.271 e. The summed E-state index contributed by atoms with van der Waals surface area (Å²) in [7, 11) is 0. The fourth-order valence-electron chi connectivity index (χ4n) is 1.98. The maximum atomic E-state index is 11.9. The third-order valence-electron chi connectivity index (χ3n) is 3.04. The second-order valence-corrected chi connectivity index (χ2v) is 5.16. The number of amides is 1. The molecular formula is C14H10ClN5O4. The number of benzene rings is 2. The molecule has 10 heteroatoms. The minimum absolute atomic E-state index is 0.120. The number of non-ortho nitro benzene ring substituents is 1. The molecule has 3 rings (SSSR count). The number of fused-ring (bicyclic) bond motifs is 1. The molecule has 0 saturated heterocycles. The summed E-state index contributed by atoms with van der Waals surface area (Å²) >= 11 is 5.90. The molecule has 24 heavy (non-hydrogen) atoms. The van der Waals surface area contributed by atoms with E-state index in [9.17, 15) is 14.9 Å². The van der Waals surface area contributed by atoms with Gasteiger partial charge in [-0.3, -0.25) is 14.9 Å². The normalized spacial score (nSPS) is 10.5. The molecule has 1 N–H and O–H groups in total. The van der Waals surface area contributed by atoms with E-state index >= 15 is 0 Å². The molecule has 1 aromatic heterocycles. The molecule has 3 aromatic rings. The van der Waals surface area contributed by atoms with Crippen LogP contribution in [0.1, 0.15) is 0 Å². The quantitative estimate of drug-likeness (QED) is 0.558. The van der Waals surface area contributed by atoms with Gasteiger partial charge in [0.2, 0.25) is 0 Å². The number of nitrogens with zero attached hydrogens (tertiary/aromatic N) is 4. The number of nitrogens with one attached hydrogen (secondary N) is 1. The van der Waals surface area contributed by atoms with Crippen LogP contribution in [0.3, 0.4) is 0 Å². The number of nitro benzene ring substituents is 1. The Morgan fingerprint density at radius 3 is 2.96 bits per heavy atom. The van der Waals surface area contributed by atoms with Crippen molar-refractivity contribution in [2.24, 2.45) is 0 Å². The number of anilines is 1. The van der Waals surface area contributed by atoms with Gasteiger partial charge in [0.1, 0.15) is 11.0 Å². The summed E-state index contributed by atoms with van der Waals surface area (Å²) in [5.74, 6) is -0.499. The minimum Gasteiger partial charge on any atom is -0.385 e. The summed E-state index contributed by atoms with van der Waals surface area (Å²) in [4.78, 5) is 28.4. The van der Waals surface area contributed by atoms with E-state index in [1.807, 2.05) is 0 Å². The summed E-state index contributed by atoms with van der Waals surface area (Å²) < 4.78 is 0. The zero-order valence-corrected chi connectivity index (χ0v) is 12.8. The van der Waals surface area contributed by atoms with Gasteiger partial charge in [-0.05, 0) is 29.5 Å². The molecule has 0 radical (unpaired) electrons. The molecule has 1 amide bonds. The van der Waals surface area contributed by atoms with Gasteiger partial charge in [-0.1, -0.05) is 22.5 Å². The monoisotopic (exact) mass is 347 g/mol. The molecule has 0 aliphatic heterocycles. The molecule has 2 aromatic carbocycles. The lowest BCUT2D eigenvalue weighted by atomic mass is 10.3. The van der Waals surface area contributed by atoms with E-state index in [1.54, 1.807) is 18.2 Å². The van der Waals surface area contributed by atoms with Gasteiger partial charge in [-0.2, -0.15) is 0 Å². The molecule has 0 saturated carbocycles. The predicted octanol–water partition coefficient (Wildman–Crippen LogP) is 2.06. The van der Waals surface area contributed by atoms with E-state index in [0.29, 0.717) is 21.7 Å². The molecule has 0 spiro atoms. The van der Waals surface area contributed by atoms with Crippen molar-refractivity contribution in [3.05, 3.63) is 57.6 Å². The molecule has 9 nitrogen and oxygen atoms in total. The summed E-state index contributed by atoms with van der Waals surface area (Å²) in [6, 6.07) is 10.5. The largest absolute Gasteiger partial charge is 0.385 e. The molecule has 0 unspecified atom stereocenters. The number of rotatable bonds is 5. The van der Waals surface area contributed by atoms with E-state index in [0.717, 1.165) is 4.85 Å². The van der Waals surface area contributed by atoms with Crippen LogP contribution in [0.5, 0.6) is 0 Å². The highest BCUT2D eigenvalue weighted by Gasteiger charge is 2.11. The SMILES string of the molecule is O=C(COn1nnc2ccc(Cl)cc21)Nc1cccc([N+](=O)[O-])c1. The Kier molecular flexibility index (Phi) is 4.25. The fraction of sp³-hybridized carbons (Fsp3) is 0.0714. The van der Waals surface area contributed by atoms with Crippen LogP contribution in [-0.2, 0) is 4.79 Å². The van der Waals surface area contributed by atoms with Crippen LogP contribution in [0.15, 0.2) is 42.5 Å². The van der Waals surface area contributed by atoms with Crippen molar-refractivity contribution in [1.82, 2.24) is 15.2 Å². The van der Waals surface area contributed by atoms with Gasteiger partial charge < -0.3 is 10.2 Å². The van der Waals surface area contributed by atoms with Crippen LogP contribution >= 0.6 is 11.6 Å². The molecular weight excluding hydrogens is 338 g/mol. The van der Waals surface area contributed by atoms with Crippen LogP contribution in [0.25, 0.3) is 11.0 Å². The molecule has 0 bridgehead atoms. The third kappa shape index (κ3) is 3.41. The number of aromatic nitrogens is 3. The second kappa shape index (κ2) is 6.50. The Balaban J connectivity index is 1.66. The minimum atomic E-state index is -0.544. The van der Waals surface area contributed by atoms with E-state index in [1.165, 1.54) is 24.3 Å². The predicted molar refractivity (Wildman–Crippen MR) is 85.7 cm³/mol. The summed E-state index contributed by atoms with van der Waals surface area (Å²) in [5.41, 5.74) is 1.26. The molecule has 0 atom stereocenters. The Morgan fingerprint density at radius 2 is 2.17 bits per heavy atom. The van der Waals surface area contributed by atoms with Gasteiger partial charge in [-0.15, -0.1) is 5.10 Å². The first-order valence-corrected chi connectivity index (χ1v) is 7.09.